The first-order valence-corrected chi connectivity index (χ1v) is 3.40. The van der Waals surface area contributed by atoms with Gasteiger partial charge < -0.3 is 0 Å². The topological polar surface area (TPSA) is 17.1 Å². The molecule has 0 bridgehead atoms. The summed E-state index contributed by atoms with van der Waals surface area (Å²) in [4.78, 5) is 0. The lowest BCUT2D eigenvalue weighted by Gasteiger charge is -1.82. The summed E-state index contributed by atoms with van der Waals surface area (Å²) in [6.45, 7) is 4.05. The molecule has 0 saturated heterocycles. The lowest BCUT2D eigenvalue weighted by atomic mass is 10.3. The van der Waals surface area contributed by atoms with Crippen LogP contribution in [0.3, 0.4) is 0 Å². The molecule has 0 fully saturated rings. The molecule has 0 spiro atoms. The van der Waals surface area contributed by atoms with Gasteiger partial charge in [0.15, 0.2) is 0 Å². The minimum Gasteiger partial charge on any atom is -0.0652 e. The molecule has 1 unspecified atom stereocenters. The van der Waals surface area contributed by atoms with Gasteiger partial charge in [-0.1, -0.05) is 13.3 Å². The summed E-state index contributed by atoms with van der Waals surface area (Å²) in [6.07, 6.45) is 2.17. The standard InChI is InChI=1S/C5H11OS/c1-3-4-5(2)7-6/h5H,3-4H2,1-2H3/q+1. The molecule has 0 aliphatic heterocycles. The molecule has 0 rings (SSSR count). The summed E-state index contributed by atoms with van der Waals surface area (Å²) in [6, 6.07) is 0. The summed E-state index contributed by atoms with van der Waals surface area (Å²) in [5.41, 5.74) is 0. The van der Waals surface area contributed by atoms with Crippen LogP contribution < -0.4 is 0 Å². The van der Waals surface area contributed by atoms with Crippen LogP contribution in [0.25, 0.3) is 0 Å². The molecule has 0 aliphatic carbocycles. The van der Waals surface area contributed by atoms with Crippen molar-refractivity contribution in [2.75, 3.05) is 0 Å². The highest BCUT2D eigenvalue weighted by atomic mass is 32.1. The maximum Gasteiger partial charge on any atom is 0.461 e. The van der Waals surface area contributed by atoms with E-state index in [9.17, 15) is 4.21 Å². The van der Waals surface area contributed by atoms with Crippen LogP contribution in [-0.2, 0) is 15.9 Å². The molecule has 0 radical (unpaired) electrons. The molecule has 2 heteroatoms. The van der Waals surface area contributed by atoms with E-state index in [0.717, 1.165) is 12.8 Å². The largest absolute Gasteiger partial charge is 0.461 e. The van der Waals surface area contributed by atoms with Gasteiger partial charge in [-0.05, 0) is 6.92 Å². The van der Waals surface area contributed by atoms with E-state index in [0.29, 0.717) is 16.9 Å². The summed E-state index contributed by atoms with van der Waals surface area (Å²) < 4.78 is 9.94. The third-order valence-corrected chi connectivity index (χ3v) is 1.42. The lowest BCUT2D eigenvalue weighted by molar-refractivity contribution is 0.595. The first-order chi connectivity index (χ1) is 3.31. The fraction of sp³-hybridized carbons (Fsp3) is 1.00. The fourth-order valence-corrected chi connectivity index (χ4v) is 0.787. The molecule has 0 amide bonds. The second-order valence-corrected chi connectivity index (χ2v) is 2.69. The maximum atomic E-state index is 9.94. The van der Waals surface area contributed by atoms with Crippen molar-refractivity contribution in [3.8, 4) is 0 Å². The highest BCUT2D eigenvalue weighted by Gasteiger charge is 2.10. The van der Waals surface area contributed by atoms with Crippen molar-refractivity contribution in [2.45, 2.75) is 31.9 Å². The molecule has 0 aliphatic rings. The number of hydrogen-bond acceptors (Lipinski definition) is 1. The van der Waals surface area contributed by atoms with Gasteiger partial charge in [0.05, 0.1) is 0 Å². The summed E-state index contributed by atoms with van der Waals surface area (Å²) in [7, 11) is 0. The van der Waals surface area contributed by atoms with Crippen LogP contribution in [0.2, 0.25) is 0 Å². The molecule has 1 nitrogen and oxygen atoms in total. The lowest BCUT2D eigenvalue weighted by Crippen LogP contribution is -1.95. The quantitative estimate of drug-likeness (QED) is 0.516. The van der Waals surface area contributed by atoms with Gasteiger partial charge in [0, 0.05) is 10.6 Å². The Hall–Kier alpha value is 0.0200. The Morgan fingerprint density at radius 3 is 2.43 bits per heavy atom. The van der Waals surface area contributed by atoms with Gasteiger partial charge in [0.2, 0.25) is 5.25 Å². The van der Waals surface area contributed by atoms with E-state index in [-0.39, 0.29) is 0 Å². The third-order valence-electron chi connectivity index (χ3n) is 0.859. The minimum atomic E-state index is 0.310. The highest BCUT2D eigenvalue weighted by molar-refractivity contribution is 7.66. The minimum absolute atomic E-state index is 0.310. The van der Waals surface area contributed by atoms with Crippen LogP contribution >= 0.6 is 0 Å². The molecule has 42 valence electrons. The van der Waals surface area contributed by atoms with Crippen molar-refractivity contribution in [1.29, 1.82) is 0 Å². The monoisotopic (exact) mass is 119 g/mol. The number of rotatable bonds is 3. The van der Waals surface area contributed by atoms with Crippen molar-refractivity contribution in [1.82, 2.24) is 0 Å². The molecule has 0 aromatic carbocycles. The Kier molecular flexibility index (Phi) is 4.20. The van der Waals surface area contributed by atoms with Crippen LogP contribution in [0.1, 0.15) is 26.7 Å². The Bertz CT molecular complexity index is 54.0. The normalized spacial score (nSPS) is 13.4. The van der Waals surface area contributed by atoms with Crippen molar-refractivity contribution in [2.24, 2.45) is 0 Å². The van der Waals surface area contributed by atoms with Crippen LogP contribution in [0, 0.1) is 0 Å². The highest BCUT2D eigenvalue weighted by Crippen LogP contribution is 1.95. The zero-order valence-electron chi connectivity index (χ0n) is 4.81. The van der Waals surface area contributed by atoms with E-state index in [4.69, 9.17) is 0 Å². The van der Waals surface area contributed by atoms with Gasteiger partial charge in [0.25, 0.3) is 0 Å². The van der Waals surface area contributed by atoms with Crippen molar-refractivity contribution >= 4 is 11.7 Å². The molecule has 1 atom stereocenters. The van der Waals surface area contributed by atoms with Gasteiger partial charge in [0.1, 0.15) is 0 Å². The van der Waals surface area contributed by atoms with Crippen LogP contribution in [0.5, 0.6) is 0 Å². The van der Waals surface area contributed by atoms with E-state index in [1.54, 1.807) is 0 Å². The summed E-state index contributed by atoms with van der Waals surface area (Å²) in [5.74, 6) is 0. The second kappa shape index (κ2) is 4.19. The second-order valence-electron chi connectivity index (χ2n) is 1.70. The van der Waals surface area contributed by atoms with E-state index in [1.807, 2.05) is 6.92 Å². The predicted molar refractivity (Wildman–Crippen MR) is 32.4 cm³/mol. The van der Waals surface area contributed by atoms with Gasteiger partial charge in [-0.25, -0.2) is 0 Å². The van der Waals surface area contributed by atoms with E-state index < -0.39 is 0 Å². The molecule has 7 heavy (non-hydrogen) atoms. The SMILES string of the molecule is CCCC(C)[S+]=O. The van der Waals surface area contributed by atoms with E-state index in [2.05, 4.69) is 6.92 Å². The van der Waals surface area contributed by atoms with E-state index in [1.165, 1.54) is 0 Å². The first-order valence-electron chi connectivity index (χ1n) is 2.60. The zero-order valence-corrected chi connectivity index (χ0v) is 5.62. The summed E-state index contributed by atoms with van der Waals surface area (Å²) >= 11 is 0.699. The van der Waals surface area contributed by atoms with Crippen LogP contribution in [0.15, 0.2) is 0 Å². The average molecular weight is 119 g/mol. The average Bonchev–Trinajstić information content (AvgIpc) is 1.68. The molecule has 0 aromatic heterocycles. The zero-order chi connectivity index (χ0) is 5.70. The Morgan fingerprint density at radius 1 is 1.71 bits per heavy atom. The van der Waals surface area contributed by atoms with E-state index >= 15 is 0 Å². The Balaban J connectivity index is 2.98. The third kappa shape index (κ3) is 3.86. The Morgan fingerprint density at radius 2 is 2.29 bits per heavy atom. The van der Waals surface area contributed by atoms with Gasteiger partial charge in [-0.15, -0.1) is 0 Å². The van der Waals surface area contributed by atoms with Crippen molar-refractivity contribution in [3.05, 3.63) is 0 Å². The molecule has 0 heterocycles. The smallest absolute Gasteiger partial charge is 0.0652 e. The maximum absolute atomic E-state index is 9.94. The summed E-state index contributed by atoms with van der Waals surface area (Å²) in [5, 5.41) is 0.310. The first kappa shape index (κ1) is 7.02. The van der Waals surface area contributed by atoms with Crippen molar-refractivity contribution in [3.63, 3.8) is 0 Å². The molecular formula is C5H11OS+. The van der Waals surface area contributed by atoms with Gasteiger partial charge >= 0.3 is 11.7 Å². The molecule has 0 saturated carbocycles. The van der Waals surface area contributed by atoms with Gasteiger partial charge in [-0.2, -0.15) is 0 Å². The van der Waals surface area contributed by atoms with Crippen LogP contribution in [0.4, 0.5) is 0 Å². The Labute approximate surface area is 48.6 Å². The predicted octanol–water partition coefficient (Wildman–Crippen LogP) is 1.60. The molecule has 0 aromatic rings. The fourth-order valence-electron chi connectivity index (χ4n) is 0.455. The van der Waals surface area contributed by atoms with Crippen LogP contribution in [-0.4, -0.2) is 5.25 Å². The molecular weight excluding hydrogens is 108 g/mol. The molecule has 0 N–H and O–H groups in total. The van der Waals surface area contributed by atoms with Gasteiger partial charge in [-0.3, -0.25) is 0 Å². The van der Waals surface area contributed by atoms with Crippen molar-refractivity contribution < 1.29 is 4.21 Å². The number of hydrogen-bond donors (Lipinski definition) is 0.